The Morgan fingerprint density at radius 2 is 2.07 bits per heavy atom. The van der Waals surface area contributed by atoms with Crippen LogP contribution in [0.1, 0.15) is 55.8 Å². The lowest BCUT2D eigenvalue weighted by atomic mass is 9.86. The lowest BCUT2D eigenvalue weighted by Gasteiger charge is -2.20. The van der Waals surface area contributed by atoms with E-state index in [1.807, 2.05) is 31.4 Å². The molecule has 2 fully saturated rings. The maximum atomic E-state index is 12.3. The Morgan fingerprint density at radius 1 is 1.24 bits per heavy atom. The molecule has 0 radical (unpaired) electrons. The standard InChI is InChI=1S/C23H28N2O3S/c1-14-4-7-21(15(2)8-14)25(16(3)26)23-24-20(13-29-23)12-28-22(27)11-19-10-17-5-6-18(19)9-17/h4,7-8,13,17-19H,5-6,9-12H2,1-3H3/t17-,18+,19+/m0/s1. The van der Waals surface area contributed by atoms with E-state index in [0.29, 0.717) is 23.2 Å². The van der Waals surface area contributed by atoms with Crippen molar-refractivity contribution in [3.05, 3.63) is 40.4 Å². The van der Waals surface area contributed by atoms with Crippen LogP contribution in [-0.2, 0) is 20.9 Å². The molecule has 2 saturated carbocycles. The van der Waals surface area contributed by atoms with E-state index < -0.39 is 0 Å². The van der Waals surface area contributed by atoms with Crippen molar-refractivity contribution in [3.63, 3.8) is 0 Å². The Balaban J connectivity index is 1.39. The van der Waals surface area contributed by atoms with Gasteiger partial charge in [-0.15, -0.1) is 11.3 Å². The molecule has 0 unspecified atom stereocenters. The van der Waals surface area contributed by atoms with E-state index in [1.54, 1.807) is 4.90 Å². The lowest BCUT2D eigenvalue weighted by Crippen LogP contribution is -2.23. The molecule has 1 heterocycles. The van der Waals surface area contributed by atoms with Crippen molar-refractivity contribution in [1.82, 2.24) is 4.98 Å². The fourth-order valence-corrected chi connectivity index (χ4v) is 5.85. The van der Waals surface area contributed by atoms with Gasteiger partial charge in [0.2, 0.25) is 5.91 Å². The molecule has 2 aromatic rings. The predicted octanol–water partition coefficient (Wildman–Crippen LogP) is 5.31. The van der Waals surface area contributed by atoms with Crippen LogP contribution in [-0.4, -0.2) is 16.9 Å². The summed E-state index contributed by atoms with van der Waals surface area (Å²) in [5.41, 5.74) is 3.69. The molecule has 4 rings (SSSR count). The number of aryl methyl sites for hydroxylation is 2. The number of esters is 1. The second-order valence-corrected chi connectivity index (χ2v) is 9.40. The topological polar surface area (TPSA) is 59.5 Å². The van der Waals surface area contributed by atoms with Gasteiger partial charge in [-0.2, -0.15) is 0 Å². The predicted molar refractivity (Wildman–Crippen MR) is 114 cm³/mol. The Hall–Kier alpha value is -2.21. The molecule has 3 atom stereocenters. The van der Waals surface area contributed by atoms with Gasteiger partial charge in [0, 0.05) is 18.7 Å². The number of rotatable bonds is 6. The summed E-state index contributed by atoms with van der Waals surface area (Å²) in [6, 6.07) is 5.99. The van der Waals surface area contributed by atoms with Crippen LogP contribution < -0.4 is 4.90 Å². The molecule has 0 aliphatic heterocycles. The zero-order chi connectivity index (χ0) is 20.5. The maximum Gasteiger partial charge on any atom is 0.306 e. The smallest absolute Gasteiger partial charge is 0.306 e. The van der Waals surface area contributed by atoms with Crippen molar-refractivity contribution in [3.8, 4) is 0 Å². The number of thiazole rings is 1. The third-order valence-corrected chi connectivity index (χ3v) is 7.21. The van der Waals surface area contributed by atoms with Crippen molar-refractivity contribution in [2.45, 2.75) is 59.5 Å². The van der Waals surface area contributed by atoms with E-state index in [1.165, 1.54) is 43.9 Å². The number of carbonyl (C=O) groups excluding carboxylic acids is 2. The van der Waals surface area contributed by atoms with Crippen LogP contribution in [0.15, 0.2) is 23.6 Å². The summed E-state index contributed by atoms with van der Waals surface area (Å²) in [5.74, 6) is 1.84. The number of hydrogen-bond donors (Lipinski definition) is 0. The van der Waals surface area contributed by atoms with Crippen LogP contribution in [0.25, 0.3) is 0 Å². The van der Waals surface area contributed by atoms with E-state index >= 15 is 0 Å². The van der Waals surface area contributed by atoms with Crippen LogP contribution in [0.4, 0.5) is 10.8 Å². The summed E-state index contributed by atoms with van der Waals surface area (Å²) >= 11 is 1.39. The molecule has 2 aliphatic rings. The third-order valence-electron chi connectivity index (χ3n) is 6.33. The van der Waals surface area contributed by atoms with Crippen LogP contribution in [0.5, 0.6) is 0 Å². The van der Waals surface area contributed by atoms with Crippen LogP contribution in [0, 0.1) is 31.6 Å². The van der Waals surface area contributed by atoms with Crippen molar-refractivity contribution in [1.29, 1.82) is 0 Å². The zero-order valence-electron chi connectivity index (χ0n) is 17.3. The van der Waals surface area contributed by atoms with E-state index in [4.69, 9.17) is 4.74 Å². The van der Waals surface area contributed by atoms with Gasteiger partial charge in [-0.3, -0.25) is 14.5 Å². The average Bonchev–Trinajstić information content (AvgIpc) is 3.39. The van der Waals surface area contributed by atoms with Crippen LogP contribution in [0.3, 0.4) is 0 Å². The van der Waals surface area contributed by atoms with E-state index in [9.17, 15) is 9.59 Å². The molecule has 1 aromatic carbocycles. The highest BCUT2D eigenvalue weighted by atomic mass is 32.1. The Morgan fingerprint density at radius 3 is 2.72 bits per heavy atom. The largest absolute Gasteiger partial charge is 0.459 e. The number of nitrogens with zero attached hydrogens (tertiary/aromatic N) is 2. The normalized spacial score (nSPS) is 22.7. The SMILES string of the molecule is CC(=O)N(c1nc(COC(=O)C[C@H]2C[C@H]3CC[C@@H]2C3)cs1)c1ccc(C)cc1C. The van der Waals surface area contributed by atoms with Crippen molar-refractivity contribution in [2.24, 2.45) is 17.8 Å². The minimum absolute atomic E-state index is 0.0915. The first-order chi connectivity index (χ1) is 13.9. The minimum atomic E-state index is -0.130. The highest BCUT2D eigenvalue weighted by Gasteiger charge is 2.40. The number of aromatic nitrogens is 1. The van der Waals surface area contributed by atoms with Gasteiger partial charge in [0.05, 0.1) is 11.4 Å². The Bertz CT molecular complexity index is 923. The number of benzene rings is 1. The molecule has 154 valence electrons. The summed E-state index contributed by atoms with van der Waals surface area (Å²) in [7, 11) is 0. The van der Waals surface area contributed by atoms with Gasteiger partial charge in [0.15, 0.2) is 5.13 Å². The Kier molecular flexibility index (Phi) is 5.72. The molecule has 29 heavy (non-hydrogen) atoms. The highest BCUT2D eigenvalue weighted by molar-refractivity contribution is 7.14. The van der Waals surface area contributed by atoms with Crippen molar-refractivity contribution >= 4 is 34.0 Å². The summed E-state index contributed by atoms with van der Waals surface area (Å²) < 4.78 is 5.50. The van der Waals surface area contributed by atoms with Gasteiger partial charge in [-0.25, -0.2) is 4.98 Å². The molecular weight excluding hydrogens is 384 g/mol. The molecule has 0 spiro atoms. The first-order valence-electron chi connectivity index (χ1n) is 10.4. The minimum Gasteiger partial charge on any atom is -0.459 e. The number of amides is 1. The summed E-state index contributed by atoms with van der Waals surface area (Å²) in [6.07, 6.45) is 5.62. The highest BCUT2D eigenvalue weighted by Crippen LogP contribution is 2.49. The van der Waals surface area contributed by atoms with Gasteiger partial charge in [0.25, 0.3) is 0 Å². The lowest BCUT2D eigenvalue weighted by molar-refractivity contribution is -0.146. The first-order valence-corrected chi connectivity index (χ1v) is 11.3. The molecule has 2 bridgehead atoms. The van der Waals surface area contributed by atoms with Gasteiger partial charge in [0.1, 0.15) is 6.61 Å². The van der Waals surface area contributed by atoms with E-state index in [0.717, 1.165) is 28.7 Å². The summed E-state index contributed by atoms with van der Waals surface area (Å²) in [5, 5.41) is 2.46. The van der Waals surface area contributed by atoms with E-state index in [-0.39, 0.29) is 18.5 Å². The first kappa shape index (κ1) is 20.1. The average molecular weight is 413 g/mol. The van der Waals surface area contributed by atoms with Crippen LogP contribution >= 0.6 is 11.3 Å². The number of carbonyl (C=O) groups is 2. The van der Waals surface area contributed by atoms with Crippen molar-refractivity contribution < 1.29 is 14.3 Å². The zero-order valence-corrected chi connectivity index (χ0v) is 18.1. The maximum absolute atomic E-state index is 12.3. The molecule has 5 nitrogen and oxygen atoms in total. The number of fused-ring (bicyclic) bond motifs is 2. The fourth-order valence-electron chi connectivity index (χ4n) is 4.98. The number of anilines is 2. The monoisotopic (exact) mass is 412 g/mol. The third kappa shape index (κ3) is 4.37. The molecule has 1 aromatic heterocycles. The molecule has 0 saturated heterocycles. The molecule has 2 aliphatic carbocycles. The Labute approximate surface area is 176 Å². The van der Waals surface area contributed by atoms with Gasteiger partial charge < -0.3 is 4.74 Å². The molecule has 6 heteroatoms. The van der Waals surface area contributed by atoms with E-state index in [2.05, 4.69) is 11.1 Å². The second-order valence-electron chi connectivity index (χ2n) is 8.57. The molecule has 1 amide bonds. The molecular formula is C23H28N2O3S. The van der Waals surface area contributed by atoms with Gasteiger partial charge >= 0.3 is 5.97 Å². The summed E-state index contributed by atoms with van der Waals surface area (Å²) in [4.78, 5) is 30.8. The summed E-state index contributed by atoms with van der Waals surface area (Å²) in [6.45, 7) is 5.72. The van der Waals surface area contributed by atoms with Gasteiger partial charge in [-0.1, -0.05) is 24.1 Å². The number of hydrogen-bond acceptors (Lipinski definition) is 5. The van der Waals surface area contributed by atoms with Gasteiger partial charge in [-0.05, 0) is 62.5 Å². The van der Waals surface area contributed by atoms with Crippen molar-refractivity contribution in [2.75, 3.05) is 4.90 Å². The fraction of sp³-hybridized carbons (Fsp3) is 0.522. The van der Waals surface area contributed by atoms with Crippen LogP contribution in [0.2, 0.25) is 0 Å². The second kappa shape index (κ2) is 8.27. The molecule has 0 N–H and O–H groups in total. The number of ether oxygens (including phenoxy) is 1. The quantitative estimate of drug-likeness (QED) is 0.603.